The predicted molar refractivity (Wildman–Crippen MR) is 238 cm³/mol. The summed E-state index contributed by atoms with van der Waals surface area (Å²) < 4.78 is 2.61. The van der Waals surface area contributed by atoms with Crippen LogP contribution >= 0.6 is 23.1 Å². The molecule has 9 aromatic carbocycles. The van der Waals surface area contributed by atoms with Gasteiger partial charge in [-0.1, -0.05) is 157 Å². The minimum absolute atomic E-state index is 0.516. The van der Waals surface area contributed by atoms with Crippen LogP contribution in [0.25, 0.3) is 53.2 Å². The lowest BCUT2D eigenvalue weighted by atomic mass is 9.66. The summed E-state index contributed by atoms with van der Waals surface area (Å²) in [4.78, 5) is 5.12. The van der Waals surface area contributed by atoms with E-state index in [1.165, 1.54) is 85.2 Å². The molecule has 0 radical (unpaired) electrons. The van der Waals surface area contributed by atoms with E-state index in [0.717, 1.165) is 17.1 Å². The number of thiophene rings is 1. The van der Waals surface area contributed by atoms with Crippen LogP contribution in [-0.2, 0) is 5.41 Å². The zero-order valence-electron chi connectivity index (χ0n) is 30.3. The maximum Gasteiger partial charge on any atom is 0.0742 e. The van der Waals surface area contributed by atoms with Crippen molar-refractivity contribution in [1.29, 1.82) is 0 Å². The minimum Gasteiger partial charge on any atom is -0.310 e. The summed E-state index contributed by atoms with van der Waals surface area (Å²) in [6, 6.07) is 74.6. The van der Waals surface area contributed by atoms with Gasteiger partial charge in [-0.2, -0.15) is 0 Å². The molecule has 262 valence electrons. The molecule has 1 nitrogen and oxygen atoms in total. The van der Waals surface area contributed by atoms with Crippen LogP contribution in [0.2, 0.25) is 0 Å². The fraction of sp³-hybridized carbons (Fsp3) is 0.0189. The summed E-state index contributed by atoms with van der Waals surface area (Å²) >= 11 is 3.76. The van der Waals surface area contributed by atoms with Gasteiger partial charge >= 0.3 is 0 Å². The Morgan fingerprint density at radius 3 is 1.86 bits per heavy atom. The zero-order chi connectivity index (χ0) is 36.8. The minimum atomic E-state index is -0.516. The summed E-state index contributed by atoms with van der Waals surface area (Å²) in [5, 5.41) is 5.16. The molecule has 0 saturated carbocycles. The second-order valence-electron chi connectivity index (χ2n) is 14.8. The van der Waals surface area contributed by atoms with Crippen LogP contribution in [0.3, 0.4) is 0 Å². The topological polar surface area (TPSA) is 3.24 Å². The predicted octanol–water partition coefficient (Wildman–Crippen LogP) is 15.2. The molecule has 10 aromatic rings. The second kappa shape index (κ2) is 12.3. The molecule has 1 aliphatic heterocycles. The van der Waals surface area contributed by atoms with Gasteiger partial charge in [-0.3, -0.25) is 0 Å². The standard InChI is InChI=1S/C53H33NS2/c1-2-14-34(15-3-1)38-17-6-10-22-47(38)54(36-28-31-49-43(32-36)41-19-7-11-23-48(41)55-49)37-27-30-40-42-29-26-35-16-4-5-18-39(35)52(42)53(46(40)33-37)44-20-8-12-24-50(44)56-51-25-13-9-21-45(51)53/h1-33H. The fourth-order valence-electron chi connectivity index (χ4n) is 9.62. The lowest BCUT2D eigenvalue weighted by Gasteiger charge is -2.40. The Morgan fingerprint density at radius 1 is 0.393 bits per heavy atom. The van der Waals surface area contributed by atoms with Crippen LogP contribution in [0.1, 0.15) is 22.3 Å². The van der Waals surface area contributed by atoms with Crippen molar-refractivity contribution in [3.63, 3.8) is 0 Å². The Morgan fingerprint density at radius 2 is 1.02 bits per heavy atom. The lowest BCUT2D eigenvalue weighted by Crippen LogP contribution is -2.32. The first-order valence-electron chi connectivity index (χ1n) is 19.2. The number of hydrogen-bond donors (Lipinski definition) is 0. The van der Waals surface area contributed by atoms with Crippen molar-refractivity contribution in [2.75, 3.05) is 4.90 Å². The van der Waals surface area contributed by atoms with Crippen molar-refractivity contribution in [2.45, 2.75) is 15.2 Å². The highest BCUT2D eigenvalue weighted by Gasteiger charge is 2.51. The Balaban J connectivity index is 1.19. The van der Waals surface area contributed by atoms with E-state index >= 15 is 0 Å². The van der Waals surface area contributed by atoms with Crippen LogP contribution in [0, 0.1) is 0 Å². The molecular weight excluding hydrogens is 715 g/mol. The molecule has 2 heterocycles. The van der Waals surface area contributed by atoms with Gasteiger partial charge in [-0.15, -0.1) is 11.3 Å². The molecule has 0 saturated heterocycles. The SMILES string of the molecule is c1ccc(-c2ccccc2N(c2ccc3c(c2)C2(c4ccccc4Sc4ccccc42)c2c-3ccc3ccccc23)c2ccc3sc4ccccc4c3c2)cc1. The van der Waals surface area contributed by atoms with Crippen molar-refractivity contribution >= 4 is 71.1 Å². The summed E-state index contributed by atoms with van der Waals surface area (Å²) in [5.74, 6) is 0. The van der Waals surface area contributed by atoms with Crippen molar-refractivity contribution in [3.05, 3.63) is 222 Å². The third-order valence-electron chi connectivity index (χ3n) is 11.9. The lowest BCUT2D eigenvalue weighted by molar-refractivity contribution is 0.728. The Labute approximate surface area is 334 Å². The molecule has 2 aliphatic rings. The highest BCUT2D eigenvalue weighted by atomic mass is 32.2. The smallest absolute Gasteiger partial charge is 0.0742 e. The molecule has 56 heavy (non-hydrogen) atoms. The van der Waals surface area contributed by atoms with Crippen LogP contribution in [0.5, 0.6) is 0 Å². The third kappa shape index (κ3) is 4.50. The molecule has 3 heteroatoms. The fourth-order valence-corrected chi connectivity index (χ4v) is 11.9. The number of fused-ring (bicyclic) bond motifs is 14. The average Bonchev–Trinajstić information content (AvgIpc) is 3.78. The summed E-state index contributed by atoms with van der Waals surface area (Å²) in [6.07, 6.45) is 0. The maximum absolute atomic E-state index is 2.52. The van der Waals surface area contributed by atoms with Gasteiger partial charge in [0.25, 0.3) is 0 Å². The maximum atomic E-state index is 2.52. The molecule has 1 aromatic heterocycles. The van der Waals surface area contributed by atoms with Gasteiger partial charge in [0.2, 0.25) is 0 Å². The largest absolute Gasteiger partial charge is 0.310 e. The van der Waals surface area contributed by atoms with Gasteiger partial charge < -0.3 is 4.90 Å². The molecule has 0 N–H and O–H groups in total. The highest BCUT2D eigenvalue weighted by Crippen LogP contribution is 2.64. The average molecular weight is 748 g/mol. The van der Waals surface area contributed by atoms with E-state index in [1.54, 1.807) is 0 Å². The molecule has 12 rings (SSSR count). The summed E-state index contributed by atoms with van der Waals surface area (Å²) in [6.45, 7) is 0. The van der Waals surface area contributed by atoms with Crippen LogP contribution in [0.15, 0.2) is 210 Å². The molecule has 0 amide bonds. The first-order valence-corrected chi connectivity index (χ1v) is 20.8. The van der Waals surface area contributed by atoms with E-state index in [4.69, 9.17) is 0 Å². The second-order valence-corrected chi connectivity index (χ2v) is 16.9. The molecule has 1 spiro atoms. The van der Waals surface area contributed by atoms with E-state index in [0.29, 0.717) is 0 Å². The van der Waals surface area contributed by atoms with Gasteiger partial charge in [0.05, 0.1) is 11.1 Å². The number of para-hydroxylation sites is 1. The van der Waals surface area contributed by atoms with E-state index in [1.807, 2.05) is 23.1 Å². The Kier molecular flexibility index (Phi) is 7.01. The van der Waals surface area contributed by atoms with Gasteiger partial charge in [-0.05, 0) is 104 Å². The van der Waals surface area contributed by atoms with Crippen LogP contribution in [0.4, 0.5) is 17.1 Å². The van der Waals surface area contributed by atoms with E-state index in [9.17, 15) is 0 Å². The monoisotopic (exact) mass is 747 g/mol. The van der Waals surface area contributed by atoms with Crippen molar-refractivity contribution in [2.24, 2.45) is 0 Å². The van der Waals surface area contributed by atoms with Crippen LogP contribution < -0.4 is 4.90 Å². The van der Waals surface area contributed by atoms with Gasteiger partial charge in [-0.25, -0.2) is 0 Å². The molecule has 1 aliphatic carbocycles. The highest BCUT2D eigenvalue weighted by molar-refractivity contribution is 7.99. The van der Waals surface area contributed by atoms with Crippen molar-refractivity contribution < 1.29 is 0 Å². The van der Waals surface area contributed by atoms with Crippen molar-refractivity contribution in [1.82, 2.24) is 0 Å². The van der Waals surface area contributed by atoms with Crippen LogP contribution in [-0.4, -0.2) is 0 Å². The van der Waals surface area contributed by atoms with E-state index in [2.05, 4.69) is 205 Å². The number of rotatable bonds is 4. The van der Waals surface area contributed by atoms with Crippen molar-refractivity contribution in [3.8, 4) is 22.3 Å². The van der Waals surface area contributed by atoms with Gasteiger partial charge in [0, 0.05) is 46.9 Å². The number of benzene rings is 9. The summed E-state index contributed by atoms with van der Waals surface area (Å²) in [5.41, 5.74) is 13.3. The molecular formula is C53H33NS2. The number of hydrogen-bond acceptors (Lipinski definition) is 3. The first-order chi connectivity index (χ1) is 27.8. The number of anilines is 3. The molecule has 0 bridgehead atoms. The van der Waals surface area contributed by atoms with E-state index in [-0.39, 0.29) is 0 Å². The van der Waals surface area contributed by atoms with Gasteiger partial charge in [0.1, 0.15) is 0 Å². The third-order valence-corrected chi connectivity index (χ3v) is 14.2. The molecule has 0 atom stereocenters. The Bertz CT molecular complexity index is 3150. The Hall–Kier alpha value is -6.39. The van der Waals surface area contributed by atoms with E-state index < -0.39 is 5.41 Å². The number of nitrogens with zero attached hydrogens (tertiary/aromatic N) is 1. The molecule has 0 fully saturated rings. The quantitative estimate of drug-likeness (QED) is 0.176. The molecule has 0 unspecified atom stereocenters. The van der Waals surface area contributed by atoms with Gasteiger partial charge in [0.15, 0.2) is 0 Å². The normalized spacial score (nSPS) is 13.4. The first kappa shape index (κ1) is 31.9. The summed E-state index contributed by atoms with van der Waals surface area (Å²) in [7, 11) is 0. The zero-order valence-corrected chi connectivity index (χ0v) is 31.9.